The first-order chi connectivity index (χ1) is 5.38. The van der Waals surface area contributed by atoms with E-state index in [0.29, 0.717) is 6.54 Å². The molecule has 1 aromatic rings. The van der Waals surface area contributed by atoms with Gasteiger partial charge >= 0.3 is 0 Å². The maximum absolute atomic E-state index is 5.41. The first-order valence-corrected chi connectivity index (χ1v) is 4.07. The first kappa shape index (κ1) is 10.2. The predicted molar refractivity (Wildman–Crippen MR) is 47.1 cm³/mol. The smallest absolute Gasteiger partial charge is 0.0948 e. The van der Waals surface area contributed by atoms with Crippen molar-refractivity contribution in [3.05, 3.63) is 18.2 Å². The van der Waals surface area contributed by atoms with Crippen LogP contribution in [0.15, 0.2) is 12.5 Å². The van der Waals surface area contributed by atoms with Crippen molar-refractivity contribution in [2.45, 2.75) is 33.9 Å². The minimum atomic E-state index is 0.577. The second-order valence-corrected chi connectivity index (χ2v) is 1.88. The molecule has 0 bridgehead atoms. The van der Waals surface area contributed by atoms with E-state index in [1.807, 2.05) is 18.4 Å². The Morgan fingerprint density at radius 2 is 2.18 bits per heavy atom. The largest absolute Gasteiger partial charge is 0.334 e. The van der Waals surface area contributed by atoms with E-state index in [1.165, 1.54) is 0 Å². The van der Waals surface area contributed by atoms with Crippen LogP contribution in [-0.2, 0) is 13.1 Å². The second-order valence-electron chi connectivity index (χ2n) is 1.88. The van der Waals surface area contributed by atoms with Crippen LogP contribution in [0.1, 0.15) is 26.5 Å². The van der Waals surface area contributed by atoms with Gasteiger partial charge < -0.3 is 10.3 Å². The summed E-state index contributed by atoms with van der Waals surface area (Å²) in [7, 11) is 0. The topological polar surface area (TPSA) is 43.8 Å². The van der Waals surface area contributed by atoms with E-state index in [2.05, 4.69) is 11.9 Å². The lowest BCUT2D eigenvalue weighted by atomic mass is 10.5. The molecule has 0 atom stereocenters. The summed E-state index contributed by atoms with van der Waals surface area (Å²) in [4.78, 5) is 3.95. The van der Waals surface area contributed by atoms with Crippen LogP contribution in [0.2, 0.25) is 0 Å². The molecule has 0 aliphatic heterocycles. The summed E-state index contributed by atoms with van der Waals surface area (Å²) in [6.07, 6.45) is 3.59. The molecule has 64 valence electrons. The van der Waals surface area contributed by atoms with E-state index in [1.54, 1.807) is 12.5 Å². The molecule has 0 aliphatic rings. The van der Waals surface area contributed by atoms with Gasteiger partial charge in [0, 0.05) is 19.3 Å². The summed E-state index contributed by atoms with van der Waals surface area (Å²) in [6, 6.07) is 0. The monoisotopic (exact) mass is 155 g/mol. The van der Waals surface area contributed by atoms with Gasteiger partial charge in [0.25, 0.3) is 0 Å². The van der Waals surface area contributed by atoms with Crippen LogP contribution in [0, 0.1) is 0 Å². The quantitative estimate of drug-likeness (QED) is 0.701. The zero-order chi connectivity index (χ0) is 8.69. The summed E-state index contributed by atoms with van der Waals surface area (Å²) >= 11 is 0. The molecule has 0 unspecified atom stereocenters. The van der Waals surface area contributed by atoms with Crippen LogP contribution in [0.3, 0.4) is 0 Å². The Hall–Kier alpha value is -0.830. The minimum Gasteiger partial charge on any atom is -0.334 e. The summed E-state index contributed by atoms with van der Waals surface area (Å²) < 4.78 is 2.03. The standard InChI is InChI=1S/C6H11N3.C2H6/c1-2-9-5-8-4-6(9)3-7;1-2/h4-5H,2-3,7H2,1H3;1-2H3. The van der Waals surface area contributed by atoms with Crippen LogP contribution < -0.4 is 5.73 Å². The van der Waals surface area contributed by atoms with Gasteiger partial charge in [-0.15, -0.1) is 0 Å². The maximum Gasteiger partial charge on any atom is 0.0948 e. The number of aromatic nitrogens is 2. The van der Waals surface area contributed by atoms with Crippen molar-refractivity contribution >= 4 is 0 Å². The highest BCUT2D eigenvalue weighted by atomic mass is 15.0. The lowest BCUT2D eigenvalue weighted by Gasteiger charge is -1.99. The Balaban J connectivity index is 0.000000461. The molecule has 1 rings (SSSR count). The summed E-state index contributed by atoms with van der Waals surface area (Å²) in [5.41, 5.74) is 6.50. The number of rotatable bonds is 2. The Morgan fingerprint density at radius 3 is 2.55 bits per heavy atom. The second kappa shape index (κ2) is 5.92. The molecule has 2 N–H and O–H groups in total. The summed E-state index contributed by atoms with van der Waals surface area (Å²) in [5, 5.41) is 0. The third-order valence-corrected chi connectivity index (χ3v) is 1.35. The van der Waals surface area contributed by atoms with Gasteiger partial charge in [0.2, 0.25) is 0 Å². The summed E-state index contributed by atoms with van der Waals surface area (Å²) in [5.74, 6) is 0. The normalized spacial score (nSPS) is 8.73. The van der Waals surface area contributed by atoms with Gasteiger partial charge in [-0.25, -0.2) is 4.98 Å². The molecular weight excluding hydrogens is 138 g/mol. The fraction of sp³-hybridized carbons (Fsp3) is 0.625. The maximum atomic E-state index is 5.41. The zero-order valence-electron chi connectivity index (χ0n) is 7.54. The number of hydrogen-bond acceptors (Lipinski definition) is 2. The fourth-order valence-electron chi connectivity index (χ4n) is 0.803. The van der Waals surface area contributed by atoms with Gasteiger partial charge in [0.1, 0.15) is 0 Å². The lowest BCUT2D eigenvalue weighted by Crippen LogP contribution is -2.04. The van der Waals surface area contributed by atoms with Gasteiger partial charge in [0.05, 0.1) is 12.0 Å². The van der Waals surface area contributed by atoms with Crippen LogP contribution in [0.4, 0.5) is 0 Å². The Bertz CT molecular complexity index is 163. The molecule has 0 amide bonds. The number of hydrogen-bond donors (Lipinski definition) is 1. The molecule has 0 saturated heterocycles. The molecule has 0 radical (unpaired) electrons. The van der Waals surface area contributed by atoms with Crippen LogP contribution in [0.5, 0.6) is 0 Å². The van der Waals surface area contributed by atoms with Crippen molar-refractivity contribution in [3.8, 4) is 0 Å². The van der Waals surface area contributed by atoms with E-state index in [-0.39, 0.29) is 0 Å². The van der Waals surface area contributed by atoms with E-state index in [0.717, 1.165) is 12.2 Å². The number of nitrogens with zero attached hydrogens (tertiary/aromatic N) is 2. The molecule has 0 fully saturated rings. The lowest BCUT2D eigenvalue weighted by molar-refractivity contribution is 0.712. The molecule has 3 nitrogen and oxygen atoms in total. The van der Waals surface area contributed by atoms with Crippen molar-refractivity contribution in [3.63, 3.8) is 0 Å². The molecule has 1 aromatic heterocycles. The van der Waals surface area contributed by atoms with E-state index in [9.17, 15) is 0 Å². The van der Waals surface area contributed by atoms with Gasteiger partial charge in [-0.2, -0.15) is 0 Å². The SMILES string of the molecule is CC.CCn1cncc1CN. The van der Waals surface area contributed by atoms with E-state index in [4.69, 9.17) is 5.73 Å². The van der Waals surface area contributed by atoms with Gasteiger partial charge in [-0.3, -0.25) is 0 Å². The molecule has 0 aromatic carbocycles. The third-order valence-electron chi connectivity index (χ3n) is 1.35. The van der Waals surface area contributed by atoms with Gasteiger partial charge in [-0.05, 0) is 6.92 Å². The summed E-state index contributed by atoms with van der Waals surface area (Å²) in [6.45, 7) is 7.60. The van der Waals surface area contributed by atoms with E-state index >= 15 is 0 Å². The zero-order valence-corrected chi connectivity index (χ0v) is 7.54. The first-order valence-electron chi connectivity index (χ1n) is 4.07. The molecular formula is C8H17N3. The molecule has 1 heterocycles. The predicted octanol–water partition coefficient (Wildman–Crippen LogP) is 1.39. The fourth-order valence-corrected chi connectivity index (χ4v) is 0.803. The molecule has 11 heavy (non-hydrogen) atoms. The van der Waals surface area contributed by atoms with Crippen LogP contribution >= 0.6 is 0 Å². The van der Waals surface area contributed by atoms with Crippen LogP contribution in [-0.4, -0.2) is 9.55 Å². The highest BCUT2D eigenvalue weighted by Gasteiger charge is 1.93. The average Bonchev–Trinajstić information content (AvgIpc) is 2.54. The third kappa shape index (κ3) is 2.72. The van der Waals surface area contributed by atoms with Crippen molar-refractivity contribution in [2.75, 3.05) is 0 Å². The minimum absolute atomic E-state index is 0.577. The Labute approximate surface area is 68.2 Å². The highest BCUT2D eigenvalue weighted by molar-refractivity contribution is 4.96. The van der Waals surface area contributed by atoms with E-state index < -0.39 is 0 Å². The van der Waals surface area contributed by atoms with Crippen molar-refractivity contribution in [1.29, 1.82) is 0 Å². The average molecular weight is 155 g/mol. The van der Waals surface area contributed by atoms with Gasteiger partial charge in [0.15, 0.2) is 0 Å². The Morgan fingerprint density at radius 1 is 1.55 bits per heavy atom. The number of nitrogens with two attached hydrogens (primary N) is 1. The molecule has 0 spiro atoms. The molecule has 0 aliphatic carbocycles. The Kier molecular flexibility index (Phi) is 5.47. The van der Waals surface area contributed by atoms with Crippen molar-refractivity contribution < 1.29 is 0 Å². The highest BCUT2D eigenvalue weighted by Crippen LogP contribution is 1.95. The molecule has 3 heteroatoms. The number of aryl methyl sites for hydroxylation is 1. The van der Waals surface area contributed by atoms with Gasteiger partial charge in [-0.1, -0.05) is 13.8 Å². The van der Waals surface area contributed by atoms with Crippen molar-refractivity contribution in [1.82, 2.24) is 9.55 Å². The molecule has 0 saturated carbocycles. The van der Waals surface area contributed by atoms with Crippen LogP contribution in [0.25, 0.3) is 0 Å². The van der Waals surface area contributed by atoms with Crippen molar-refractivity contribution in [2.24, 2.45) is 5.73 Å². The number of imidazole rings is 1.